The molecule has 1 atom stereocenters. The van der Waals surface area contributed by atoms with Crippen molar-refractivity contribution in [2.75, 3.05) is 26.2 Å². The number of aryl methyl sites for hydroxylation is 2. The molecule has 0 bridgehead atoms. The Kier molecular flexibility index (Phi) is 9.35. The maximum atomic E-state index is 12.6. The Hall–Kier alpha value is -2.02. The zero-order valence-electron chi connectivity index (χ0n) is 15.5. The summed E-state index contributed by atoms with van der Waals surface area (Å²) in [6.45, 7) is 7.13. The van der Waals surface area contributed by atoms with Gasteiger partial charge in [-0.15, -0.1) is 24.8 Å². The number of nitrogens with zero attached hydrogens (tertiary/aromatic N) is 2. The second-order valence-electron chi connectivity index (χ2n) is 6.22. The third-order valence-electron chi connectivity index (χ3n) is 4.38. The summed E-state index contributed by atoms with van der Waals surface area (Å²) < 4.78 is 6.02. The Morgan fingerprint density at radius 3 is 2.56 bits per heavy atom. The van der Waals surface area contributed by atoms with Crippen LogP contribution in [0.2, 0.25) is 0 Å². The summed E-state index contributed by atoms with van der Waals surface area (Å²) in [7, 11) is 0. The van der Waals surface area contributed by atoms with Crippen molar-refractivity contribution >= 4 is 30.8 Å². The molecule has 3 rings (SSSR count). The first-order valence-corrected chi connectivity index (χ1v) is 8.53. The minimum Gasteiger partial charge on any atom is -0.465 e. The van der Waals surface area contributed by atoms with E-state index < -0.39 is 6.23 Å². The number of aromatic nitrogens is 1. The molecule has 2 amide bonds. The first-order chi connectivity index (χ1) is 12.1. The number of rotatable bonds is 4. The standard InChI is InChI=1S/C19H24N4O2.2ClH/c1-14-5-6-16(12-15(14)2)18(25-17-4-3-7-21-13-17)22-19(24)23-10-8-20-9-11-23;;/h3-7,12-13,18,20H,8-11H2,1-2H3,(H,22,24);2*1H. The number of ether oxygens (including phenoxy) is 1. The SMILES string of the molecule is Cc1ccc(C(NC(=O)N2CCNCC2)Oc2cccnc2)cc1C.Cl.Cl. The Balaban J connectivity index is 0.00000182. The molecule has 0 saturated carbocycles. The summed E-state index contributed by atoms with van der Waals surface area (Å²) >= 11 is 0. The molecule has 2 aromatic rings. The van der Waals surface area contributed by atoms with Gasteiger partial charge >= 0.3 is 6.03 Å². The van der Waals surface area contributed by atoms with E-state index in [0.29, 0.717) is 18.8 Å². The maximum absolute atomic E-state index is 12.6. The fraction of sp³-hybridized carbons (Fsp3) is 0.368. The van der Waals surface area contributed by atoms with Gasteiger partial charge in [0.1, 0.15) is 5.75 Å². The molecule has 1 aromatic carbocycles. The second-order valence-corrected chi connectivity index (χ2v) is 6.22. The summed E-state index contributed by atoms with van der Waals surface area (Å²) in [5.41, 5.74) is 3.28. The molecule has 2 N–H and O–H groups in total. The Labute approximate surface area is 172 Å². The number of hydrogen-bond acceptors (Lipinski definition) is 4. The molecule has 1 fully saturated rings. The van der Waals surface area contributed by atoms with Crippen molar-refractivity contribution in [3.8, 4) is 5.75 Å². The van der Waals surface area contributed by atoms with Gasteiger partial charge in [-0.25, -0.2) is 4.79 Å². The van der Waals surface area contributed by atoms with Gasteiger partial charge in [0, 0.05) is 37.9 Å². The molecule has 0 spiro atoms. The summed E-state index contributed by atoms with van der Waals surface area (Å²) in [6, 6.07) is 9.61. The van der Waals surface area contributed by atoms with E-state index in [-0.39, 0.29) is 30.8 Å². The molecule has 0 radical (unpaired) electrons. The number of benzene rings is 1. The van der Waals surface area contributed by atoms with Gasteiger partial charge in [0.05, 0.1) is 6.20 Å². The van der Waals surface area contributed by atoms with Gasteiger partial charge in [-0.3, -0.25) is 10.3 Å². The summed E-state index contributed by atoms with van der Waals surface area (Å²) in [5.74, 6) is 0.617. The summed E-state index contributed by atoms with van der Waals surface area (Å²) in [4.78, 5) is 18.5. The van der Waals surface area contributed by atoms with Crippen molar-refractivity contribution < 1.29 is 9.53 Å². The second kappa shape index (κ2) is 11.0. The number of urea groups is 1. The van der Waals surface area contributed by atoms with Crippen molar-refractivity contribution in [3.05, 3.63) is 59.4 Å². The fourth-order valence-electron chi connectivity index (χ4n) is 2.73. The van der Waals surface area contributed by atoms with Crippen LogP contribution in [0.1, 0.15) is 22.9 Å². The molecule has 1 unspecified atom stereocenters. The van der Waals surface area contributed by atoms with Crippen LogP contribution in [0.25, 0.3) is 0 Å². The fourth-order valence-corrected chi connectivity index (χ4v) is 2.73. The predicted octanol–water partition coefficient (Wildman–Crippen LogP) is 3.23. The Morgan fingerprint density at radius 2 is 1.93 bits per heavy atom. The van der Waals surface area contributed by atoms with E-state index in [2.05, 4.69) is 35.5 Å². The van der Waals surface area contributed by atoms with Crippen LogP contribution >= 0.6 is 24.8 Å². The Morgan fingerprint density at radius 1 is 1.19 bits per heavy atom. The van der Waals surface area contributed by atoms with Gasteiger partial charge in [0.15, 0.2) is 6.23 Å². The lowest BCUT2D eigenvalue weighted by Crippen LogP contribution is -2.51. The van der Waals surface area contributed by atoms with Gasteiger partial charge in [0.2, 0.25) is 0 Å². The summed E-state index contributed by atoms with van der Waals surface area (Å²) in [6.07, 6.45) is 2.77. The average Bonchev–Trinajstić information content (AvgIpc) is 2.65. The van der Waals surface area contributed by atoms with E-state index >= 15 is 0 Å². The van der Waals surface area contributed by atoms with E-state index in [1.807, 2.05) is 24.3 Å². The average molecular weight is 413 g/mol. The highest BCUT2D eigenvalue weighted by molar-refractivity contribution is 5.85. The van der Waals surface area contributed by atoms with Gasteiger partial charge in [-0.1, -0.05) is 18.2 Å². The topological polar surface area (TPSA) is 66.5 Å². The molecule has 1 aliphatic heterocycles. The van der Waals surface area contributed by atoms with Gasteiger partial charge in [-0.2, -0.15) is 0 Å². The predicted molar refractivity (Wildman–Crippen MR) is 111 cm³/mol. The first-order valence-electron chi connectivity index (χ1n) is 8.53. The smallest absolute Gasteiger partial charge is 0.320 e. The molecule has 1 aromatic heterocycles. The van der Waals surface area contributed by atoms with E-state index in [9.17, 15) is 4.79 Å². The zero-order chi connectivity index (χ0) is 17.6. The number of carbonyl (C=O) groups is 1. The largest absolute Gasteiger partial charge is 0.465 e. The van der Waals surface area contributed by atoms with Crippen LogP contribution in [0.4, 0.5) is 4.79 Å². The third-order valence-corrected chi connectivity index (χ3v) is 4.38. The van der Waals surface area contributed by atoms with Crippen molar-refractivity contribution in [2.24, 2.45) is 0 Å². The van der Waals surface area contributed by atoms with Crippen LogP contribution in [0.3, 0.4) is 0 Å². The normalized spacial score (nSPS) is 14.4. The molecule has 0 aliphatic carbocycles. The van der Waals surface area contributed by atoms with Crippen LogP contribution in [0.15, 0.2) is 42.7 Å². The maximum Gasteiger partial charge on any atom is 0.320 e. The first kappa shape index (κ1) is 23.0. The van der Waals surface area contributed by atoms with Crippen LogP contribution in [0.5, 0.6) is 5.75 Å². The number of nitrogens with one attached hydrogen (secondary N) is 2. The molecule has 6 nitrogen and oxygen atoms in total. The molecule has 1 saturated heterocycles. The van der Waals surface area contributed by atoms with E-state index in [1.165, 1.54) is 5.56 Å². The van der Waals surface area contributed by atoms with Gasteiger partial charge < -0.3 is 15.0 Å². The minimum atomic E-state index is -0.564. The highest BCUT2D eigenvalue weighted by atomic mass is 35.5. The Bertz CT molecular complexity index is 725. The number of amides is 2. The summed E-state index contributed by atoms with van der Waals surface area (Å²) in [5, 5.41) is 6.25. The lowest BCUT2D eigenvalue weighted by Gasteiger charge is -2.30. The number of hydrogen-bond donors (Lipinski definition) is 2. The molecule has 8 heteroatoms. The quantitative estimate of drug-likeness (QED) is 0.756. The molecule has 2 heterocycles. The van der Waals surface area contributed by atoms with Crippen molar-refractivity contribution in [1.29, 1.82) is 0 Å². The van der Waals surface area contributed by atoms with Crippen LogP contribution < -0.4 is 15.4 Å². The number of pyridine rings is 1. The van der Waals surface area contributed by atoms with Gasteiger partial charge in [-0.05, 0) is 37.1 Å². The zero-order valence-corrected chi connectivity index (χ0v) is 17.1. The molecule has 27 heavy (non-hydrogen) atoms. The lowest BCUT2D eigenvalue weighted by molar-refractivity contribution is 0.139. The van der Waals surface area contributed by atoms with Crippen molar-refractivity contribution in [2.45, 2.75) is 20.1 Å². The number of halogens is 2. The monoisotopic (exact) mass is 412 g/mol. The van der Waals surface area contributed by atoms with Crippen molar-refractivity contribution in [3.63, 3.8) is 0 Å². The number of carbonyl (C=O) groups excluding carboxylic acids is 1. The number of piperazine rings is 1. The molecular formula is C19H26Cl2N4O2. The van der Waals surface area contributed by atoms with Crippen molar-refractivity contribution in [1.82, 2.24) is 20.5 Å². The highest BCUT2D eigenvalue weighted by Crippen LogP contribution is 2.21. The van der Waals surface area contributed by atoms with Crippen LogP contribution in [-0.4, -0.2) is 42.1 Å². The highest BCUT2D eigenvalue weighted by Gasteiger charge is 2.22. The lowest BCUT2D eigenvalue weighted by atomic mass is 10.1. The molecule has 1 aliphatic rings. The molecule has 148 valence electrons. The van der Waals surface area contributed by atoms with Crippen LogP contribution in [0, 0.1) is 13.8 Å². The molecular weight excluding hydrogens is 387 g/mol. The minimum absolute atomic E-state index is 0. The van der Waals surface area contributed by atoms with Gasteiger partial charge in [0.25, 0.3) is 0 Å². The third kappa shape index (κ3) is 6.27. The van der Waals surface area contributed by atoms with E-state index in [1.54, 1.807) is 17.3 Å². The van der Waals surface area contributed by atoms with E-state index in [4.69, 9.17) is 4.74 Å². The van der Waals surface area contributed by atoms with Crippen LogP contribution in [-0.2, 0) is 0 Å². The van der Waals surface area contributed by atoms with E-state index in [0.717, 1.165) is 24.2 Å².